The lowest BCUT2D eigenvalue weighted by atomic mass is 10.2. The van der Waals surface area contributed by atoms with Gasteiger partial charge in [-0.05, 0) is 36.4 Å². The van der Waals surface area contributed by atoms with E-state index in [0.29, 0.717) is 30.4 Å². The monoisotopic (exact) mass is 373 g/mol. The number of aromatic hydroxyl groups is 1. The largest absolute Gasteiger partial charge is 0.508 e. The average Bonchev–Trinajstić information content (AvgIpc) is 2.75. The smallest absolute Gasteiger partial charge is 0.164 e. The summed E-state index contributed by atoms with van der Waals surface area (Å²) in [5.74, 6) is 2.13. The van der Waals surface area contributed by atoms with Gasteiger partial charge in [-0.1, -0.05) is 12.1 Å². The minimum absolute atomic E-state index is 0.166. The van der Waals surface area contributed by atoms with Gasteiger partial charge in [-0.25, -0.2) is 9.97 Å². The van der Waals surface area contributed by atoms with Crippen molar-refractivity contribution in [3.63, 3.8) is 0 Å². The molecule has 7 heteroatoms. The molecule has 1 aliphatic rings. The zero-order chi connectivity index (χ0) is 19.3. The summed E-state index contributed by atoms with van der Waals surface area (Å²) < 4.78 is 5.44. The lowest BCUT2D eigenvalue weighted by molar-refractivity contribution is 0.122. The third-order valence-electron chi connectivity index (χ3n) is 4.44. The Balaban J connectivity index is 1.71. The first-order valence-corrected chi connectivity index (χ1v) is 9.00. The number of nitrogens with zero attached hydrogens (tertiary/aromatic N) is 4. The number of phenols is 1. The van der Waals surface area contributed by atoms with Crippen LogP contribution in [0.15, 0.2) is 54.6 Å². The summed E-state index contributed by atoms with van der Waals surface area (Å²) in [4.78, 5) is 11.5. The molecule has 28 heavy (non-hydrogen) atoms. The Hall–Kier alpha value is -3.63. The quantitative estimate of drug-likeness (QED) is 0.724. The zero-order valence-electron chi connectivity index (χ0n) is 15.2. The third kappa shape index (κ3) is 4.03. The first-order chi connectivity index (χ1) is 13.7. The highest BCUT2D eigenvalue weighted by atomic mass is 16.5. The second-order valence-corrected chi connectivity index (χ2v) is 6.40. The molecular formula is C21H19N5O2. The number of hydrogen-bond acceptors (Lipinski definition) is 7. The van der Waals surface area contributed by atoms with Gasteiger partial charge in [-0.15, -0.1) is 0 Å². The van der Waals surface area contributed by atoms with Gasteiger partial charge in [0.05, 0.1) is 24.8 Å². The SMILES string of the molecule is N#Cc1ccc(Nc2cc(N3CCOCC3)nc(-c3cccc(O)c3)n2)cc1. The summed E-state index contributed by atoms with van der Waals surface area (Å²) in [6.45, 7) is 2.83. The van der Waals surface area contributed by atoms with E-state index in [2.05, 4.69) is 21.3 Å². The van der Waals surface area contributed by atoms with Gasteiger partial charge in [-0.2, -0.15) is 5.26 Å². The molecule has 3 aromatic rings. The molecule has 0 aliphatic carbocycles. The molecule has 0 radical (unpaired) electrons. The number of ether oxygens (including phenoxy) is 1. The van der Waals surface area contributed by atoms with Crippen molar-refractivity contribution in [1.82, 2.24) is 9.97 Å². The number of morpholine rings is 1. The molecule has 0 saturated carbocycles. The van der Waals surface area contributed by atoms with E-state index in [1.54, 1.807) is 30.3 Å². The van der Waals surface area contributed by atoms with Crippen LogP contribution in [-0.2, 0) is 4.74 Å². The third-order valence-corrected chi connectivity index (χ3v) is 4.44. The number of nitriles is 1. The van der Waals surface area contributed by atoms with Crippen LogP contribution in [0.5, 0.6) is 5.75 Å². The zero-order valence-corrected chi connectivity index (χ0v) is 15.2. The van der Waals surface area contributed by atoms with Crippen molar-refractivity contribution >= 4 is 17.3 Å². The van der Waals surface area contributed by atoms with Crippen molar-refractivity contribution in [2.75, 3.05) is 36.5 Å². The van der Waals surface area contributed by atoms with Crippen molar-refractivity contribution in [2.24, 2.45) is 0 Å². The molecule has 0 bridgehead atoms. The predicted molar refractivity (Wildman–Crippen MR) is 107 cm³/mol. The molecule has 1 fully saturated rings. The summed E-state index contributed by atoms with van der Waals surface area (Å²) in [7, 11) is 0. The molecular weight excluding hydrogens is 354 g/mol. The van der Waals surface area contributed by atoms with Gasteiger partial charge in [0.25, 0.3) is 0 Å². The van der Waals surface area contributed by atoms with Gasteiger partial charge in [-0.3, -0.25) is 0 Å². The normalized spacial score (nSPS) is 13.8. The molecule has 0 atom stereocenters. The van der Waals surface area contributed by atoms with Gasteiger partial charge >= 0.3 is 0 Å². The highest BCUT2D eigenvalue weighted by Crippen LogP contribution is 2.27. The van der Waals surface area contributed by atoms with Crippen LogP contribution in [0.1, 0.15) is 5.56 Å². The minimum atomic E-state index is 0.166. The fourth-order valence-corrected chi connectivity index (χ4v) is 3.00. The Labute approximate surface area is 162 Å². The van der Waals surface area contributed by atoms with Gasteiger partial charge in [0.2, 0.25) is 0 Å². The maximum absolute atomic E-state index is 9.82. The second kappa shape index (κ2) is 7.94. The van der Waals surface area contributed by atoms with Crippen molar-refractivity contribution in [3.05, 3.63) is 60.2 Å². The molecule has 2 aromatic carbocycles. The highest BCUT2D eigenvalue weighted by molar-refractivity contribution is 5.66. The standard InChI is InChI=1S/C21H19N5O2/c22-14-15-4-6-17(7-5-15)23-19-13-20(26-8-10-28-11-9-26)25-21(24-19)16-2-1-3-18(27)12-16/h1-7,12-13,27H,8-11H2,(H,23,24,25). The van der Waals surface area contributed by atoms with Crippen LogP contribution in [0.2, 0.25) is 0 Å². The first kappa shape index (κ1) is 17.8. The van der Waals surface area contributed by atoms with Crippen molar-refractivity contribution in [2.45, 2.75) is 0 Å². The van der Waals surface area contributed by atoms with E-state index in [1.165, 1.54) is 0 Å². The van der Waals surface area contributed by atoms with E-state index < -0.39 is 0 Å². The first-order valence-electron chi connectivity index (χ1n) is 9.00. The van der Waals surface area contributed by atoms with Crippen LogP contribution in [0.3, 0.4) is 0 Å². The molecule has 140 valence electrons. The van der Waals surface area contributed by atoms with E-state index in [4.69, 9.17) is 15.0 Å². The molecule has 1 aromatic heterocycles. The van der Waals surface area contributed by atoms with Crippen LogP contribution in [0.4, 0.5) is 17.3 Å². The number of rotatable bonds is 4. The Bertz CT molecular complexity index is 1010. The summed E-state index contributed by atoms with van der Waals surface area (Å²) in [5.41, 5.74) is 2.16. The van der Waals surface area contributed by atoms with E-state index >= 15 is 0 Å². The highest BCUT2D eigenvalue weighted by Gasteiger charge is 2.16. The molecule has 4 rings (SSSR count). The van der Waals surface area contributed by atoms with Gasteiger partial charge in [0.1, 0.15) is 17.4 Å². The summed E-state index contributed by atoms with van der Waals surface area (Å²) in [6, 6.07) is 18.1. The molecule has 0 amide bonds. The maximum atomic E-state index is 9.82. The van der Waals surface area contributed by atoms with Crippen molar-refractivity contribution in [1.29, 1.82) is 5.26 Å². The van der Waals surface area contributed by atoms with Crippen LogP contribution >= 0.6 is 0 Å². The molecule has 1 saturated heterocycles. The van der Waals surface area contributed by atoms with E-state index in [-0.39, 0.29) is 5.75 Å². The number of aromatic nitrogens is 2. The number of hydrogen-bond donors (Lipinski definition) is 2. The van der Waals surface area contributed by atoms with Crippen LogP contribution in [0.25, 0.3) is 11.4 Å². The number of benzene rings is 2. The van der Waals surface area contributed by atoms with E-state index in [1.807, 2.05) is 24.3 Å². The molecule has 0 unspecified atom stereocenters. The Morgan fingerprint density at radius 2 is 1.82 bits per heavy atom. The fraction of sp³-hybridized carbons (Fsp3) is 0.190. The molecule has 7 nitrogen and oxygen atoms in total. The van der Waals surface area contributed by atoms with Crippen molar-refractivity contribution < 1.29 is 9.84 Å². The van der Waals surface area contributed by atoms with Crippen LogP contribution < -0.4 is 10.2 Å². The fourth-order valence-electron chi connectivity index (χ4n) is 3.00. The summed E-state index contributed by atoms with van der Waals surface area (Å²) in [5, 5.41) is 22.1. The average molecular weight is 373 g/mol. The maximum Gasteiger partial charge on any atom is 0.164 e. The van der Waals surface area contributed by atoms with Crippen LogP contribution in [0, 0.1) is 11.3 Å². The Morgan fingerprint density at radius 3 is 2.54 bits per heavy atom. The summed E-state index contributed by atoms with van der Waals surface area (Å²) in [6.07, 6.45) is 0. The topological polar surface area (TPSA) is 94.3 Å². The molecule has 0 spiro atoms. The Kier molecular flexibility index (Phi) is 5.04. The summed E-state index contributed by atoms with van der Waals surface area (Å²) >= 11 is 0. The van der Waals surface area contributed by atoms with Crippen LogP contribution in [-0.4, -0.2) is 41.4 Å². The molecule has 1 aliphatic heterocycles. The lowest BCUT2D eigenvalue weighted by Gasteiger charge is -2.28. The van der Waals surface area contributed by atoms with Gasteiger partial charge in [0, 0.05) is 30.4 Å². The van der Waals surface area contributed by atoms with Crippen molar-refractivity contribution in [3.8, 4) is 23.2 Å². The van der Waals surface area contributed by atoms with Gasteiger partial charge < -0.3 is 20.1 Å². The predicted octanol–water partition coefficient (Wildman–Crippen LogP) is 3.30. The lowest BCUT2D eigenvalue weighted by Crippen LogP contribution is -2.36. The second-order valence-electron chi connectivity index (χ2n) is 6.40. The Morgan fingerprint density at radius 1 is 1.04 bits per heavy atom. The minimum Gasteiger partial charge on any atom is -0.508 e. The number of phenolic OH excluding ortho intramolecular Hbond substituents is 1. The number of anilines is 3. The molecule has 2 N–H and O–H groups in total. The van der Waals surface area contributed by atoms with E-state index in [0.717, 1.165) is 30.2 Å². The van der Waals surface area contributed by atoms with Gasteiger partial charge in [0.15, 0.2) is 5.82 Å². The number of nitrogens with one attached hydrogen (secondary N) is 1. The van der Waals surface area contributed by atoms with E-state index in [9.17, 15) is 5.11 Å². The molecule has 2 heterocycles.